The van der Waals surface area contributed by atoms with Gasteiger partial charge in [-0.1, -0.05) is 58.4 Å². The standard InChI is InChI=1S/C22H20BrN3O3S/c1-30(28,29)26(21-5-3-2-4-6-21)16-18-7-11-19(12-8-18)22(27)25-24-15-17-9-13-20(23)14-10-17/h2-15H,16H2,1H3,(H,25,27)/b24-15-. The maximum Gasteiger partial charge on any atom is 0.271 e. The van der Waals surface area contributed by atoms with Crippen LogP contribution in [-0.4, -0.2) is 26.8 Å². The van der Waals surface area contributed by atoms with Gasteiger partial charge in [0, 0.05) is 10.0 Å². The van der Waals surface area contributed by atoms with Crippen molar-refractivity contribution in [3.63, 3.8) is 0 Å². The van der Waals surface area contributed by atoms with Crippen molar-refractivity contribution in [1.29, 1.82) is 0 Å². The van der Waals surface area contributed by atoms with E-state index < -0.39 is 10.0 Å². The van der Waals surface area contributed by atoms with Crippen LogP contribution >= 0.6 is 15.9 Å². The van der Waals surface area contributed by atoms with Gasteiger partial charge in [-0.15, -0.1) is 0 Å². The van der Waals surface area contributed by atoms with Gasteiger partial charge in [0.15, 0.2) is 0 Å². The molecule has 8 heteroatoms. The van der Waals surface area contributed by atoms with Gasteiger partial charge < -0.3 is 0 Å². The number of para-hydroxylation sites is 1. The van der Waals surface area contributed by atoms with Gasteiger partial charge in [0.2, 0.25) is 10.0 Å². The number of hydrogen-bond donors (Lipinski definition) is 1. The van der Waals surface area contributed by atoms with Crippen LogP contribution in [0.5, 0.6) is 0 Å². The number of anilines is 1. The van der Waals surface area contributed by atoms with Gasteiger partial charge >= 0.3 is 0 Å². The highest BCUT2D eigenvalue weighted by Crippen LogP contribution is 2.20. The Bertz CT molecular complexity index is 1130. The number of hydrazone groups is 1. The molecule has 154 valence electrons. The molecule has 0 heterocycles. The predicted molar refractivity (Wildman–Crippen MR) is 123 cm³/mol. The Morgan fingerprint density at radius 1 is 1.00 bits per heavy atom. The lowest BCUT2D eigenvalue weighted by atomic mass is 10.1. The van der Waals surface area contributed by atoms with Gasteiger partial charge in [-0.3, -0.25) is 9.10 Å². The first kappa shape index (κ1) is 21.7. The third kappa shape index (κ3) is 6.01. The zero-order valence-corrected chi connectivity index (χ0v) is 18.6. The molecule has 0 spiro atoms. The van der Waals surface area contributed by atoms with Crippen LogP contribution in [0.25, 0.3) is 0 Å². The van der Waals surface area contributed by atoms with Crippen molar-refractivity contribution >= 4 is 43.8 Å². The monoisotopic (exact) mass is 485 g/mol. The summed E-state index contributed by atoms with van der Waals surface area (Å²) in [5.74, 6) is -0.349. The molecule has 0 bridgehead atoms. The molecule has 0 fully saturated rings. The van der Waals surface area contributed by atoms with Crippen molar-refractivity contribution in [2.75, 3.05) is 10.6 Å². The average molecular weight is 486 g/mol. The van der Waals surface area contributed by atoms with E-state index in [-0.39, 0.29) is 12.5 Å². The SMILES string of the molecule is CS(=O)(=O)N(Cc1ccc(C(=O)N/N=C\c2ccc(Br)cc2)cc1)c1ccccc1. The minimum absolute atomic E-state index is 0.173. The summed E-state index contributed by atoms with van der Waals surface area (Å²) in [6.45, 7) is 0.173. The molecular weight excluding hydrogens is 466 g/mol. The number of amides is 1. The molecule has 0 saturated heterocycles. The third-order valence-corrected chi connectivity index (χ3v) is 5.91. The first-order valence-electron chi connectivity index (χ1n) is 9.03. The summed E-state index contributed by atoms with van der Waals surface area (Å²) < 4.78 is 26.7. The van der Waals surface area contributed by atoms with Gasteiger partial charge in [0.1, 0.15) is 0 Å². The van der Waals surface area contributed by atoms with Crippen LogP contribution in [0.3, 0.4) is 0 Å². The number of sulfonamides is 1. The molecule has 0 radical (unpaired) electrons. The predicted octanol–water partition coefficient (Wildman–Crippen LogP) is 4.18. The molecule has 0 aliphatic rings. The topological polar surface area (TPSA) is 78.8 Å². The Morgan fingerprint density at radius 2 is 1.63 bits per heavy atom. The molecule has 3 rings (SSSR count). The van der Waals surface area contributed by atoms with Crippen molar-refractivity contribution in [2.24, 2.45) is 5.10 Å². The molecule has 0 aliphatic heterocycles. The maximum atomic E-state index is 12.3. The summed E-state index contributed by atoms with van der Waals surface area (Å²) in [4.78, 5) is 12.3. The minimum Gasteiger partial charge on any atom is -0.267 e. The Morgan fingerprint density at radius 3 is 2.23 bits per heavy atom. The number of rotatable bonds is 7. The van der Waals surface area contributed by atoms with Crippen molar-refractivity contribution in [1.82, 2.24) is 5.43 Å². The van der Waals surface area contributed by atoms with Crippen LogP contribution in [-0.2, 0) is 16.6 Å². The number of hydrogen-bond acceptors (Lipinski definition) is 4. The minimum atomic E-state index is -3.45. The fourth-order valence-corrected chi connectivity index (χ4v) is 3.85. The van der Waals surface area contributed by atoms with E-state index in [9.17, 15) is 13.2 Å². The number of carbonyl (C=O) groups excluding carboxylic acids is 1. The van der Waals surface area contributed by atoms with Crippen LogP contribution in [0.4, 0.5) is 5.69 Å². The van der Waals surface area contributed by atoms with Gasteiger partial charge in [-0.25, -0.2) is 13.8 Å². The van der Waals surface area contributed by atoms with Crippen molar-refractivity contribution in [3.8, 4) is 0 Å². The van der Waals surface area contributed by atoms with E-state index in [1.807, 2.05) is 30.3 Å². The molecule has 0 aliphatic carbocycles. The number of nitrogens with zero attached hydrogens (tertiary/aromatic N) is 2. The first-order chi connectivity index (χ1) is 14.3. The second-order valence-corrected chi connectivity index (χ2v) is 9.38. The normalized spacial score (nSPS) is 11.4. The Kier molecular flexibility index (Phi) is 7.02. The van der Waals surface area contributed by atoms with E-state index in [0.29, 0.717) is 11.3 Å². The molecule has 1 N–H and O–H groups in total. The lowest BCUT2D eigenvalue weighted by Gasteiger charge is -2.22. The zero-order valence-electron chi connectivity index (χ0n) is 16.2. The maximum absolute atomic E-state index is 12.3. The lowest BCUT2D eigenvalue weighted by molar-refractivity contribution is 0.0955. The number of halogens is 1. The van der Waals surface area contributed by atoms with Gasteiger partial charge in [-0.2, -0.15) is 5.10 Å². The number of nitrogens with one attached hydrogen (secondary N) is 1. The average Bonchev–Trinajstić information content (AvgIpc) is 2.73. The lowest BCUT2D eigenvalue weighted by Crippen LogP contribution is -2.29. The molecule has 0 atom stereocenters. The smallest absolute Gasteiger partial charge is 0.267 e. The highest BCUT2D eigenvalue weighted by molar-refractivity contribution is 9.10. The molecule has 0 saturated carbocycles. The largest absolute Gasteiger partial charge is 0.271 e. The van der Waals surface area contributed by atoms with Crippen LogP contribution in [0, 0.1) is 0 Å². The molecule has 0 unspecified atom stereocenters. The third-order valence-electron chi connectivity index (χ3n) is 4.24. The summed E-state index contributed by atoms with van der Waals surface area (Å²) in [5, 5.41) is 3.96. The molecule has 1 amide bonds. The summed E-state index contributed by atoms with van der Waals surface area (Å²) in [6, 6.07) is 23.2. The molecule has 0 aromatic heterocycles. The number of carbonyl (C=O) groups is 1. The molecule has 3 aromatic rings. The second-order valence-electron chi connectivity index (χ2n) is 6.55. The van der Waals surface area contributed by atoms with Crippen molar-refractivity contribution in [2.45, 2.75) is 6.54 Å². The van der Waals surface area contributed by atoms with Crippen molar-refractivity contribution in [3.05, 3.63) is 100 Å². The fraction of sp³-hybridized carbons (Fsp3) is 0.0909. The van der Waals surface area contributed by atoms with Crippen LogP contribution in [0.2, 0.25) is 0 Å². The fourth-order valence-electron chi connectivity index (χ4n) is 2.70. The number of benzene rings is 3. The Labute approximate surface area is 184 Å². The van der Waals surface area contributed by atoms with Crippen LogP contribution in [0.15, 0.2) is 88.4 Å². The van der Waals surface area contributed by atoms with Gasteiger partial charge in [0.25, 0.3) is 5.91 Å². The summed E-state index contributed by atoms with van der Waals surface area (Å²) in [7, 11) is -3.45. The molecule has 30 heavy (non-hydrogen) atoms. The summed E-state index contributed by atoms with van der Waals surface area (Å²) >= 11 is 3.36. The van der Waals surface area contributed by atoms with Crippen molar-refractivity contribution < 1.29 is 13.2 Å². The highest BCUT2D eigenvalue weighted by atomic mass is 79.9. The summed E-state index contributed by atoms with van der Waals surface area (Å²) in [6.07, 6.45) is 2.73. The van der Waals surface area contributed by atoms with Gasteiger partial charge in [-0.05, 0) is 47.5 Å². The first-order valence-corrected chi connectivity index (χ1v) is 11.7. The van der Waals surface area contributed by atoms with E-state index in [1.165, 1.54) is 10.6 Å². The molecule has 6 nitrogen and oxygen atoms in total. The van der Waals surface area contributed by atoms with E-state index in [0.717, 1.165) is 15.6 Å². The zero-order chi connectivity index (χ0) is 21.6. The Hall–Kier alpha value is -2.97. The van der Waals surface area contributed by atoms with E-state index >= 15 is 0 Å². The molecular formula is C22H20BrN3O3S. The van der Waals surface area contributed by atoms with Gasteiger partial charge in [0.05, 0.1) is 24.7 Å². The van der Waals surface area contributed by atoms with Crippen LogP contribution < -0.4 is 9.73 Å². The quantitative estimate of drug-likeness (QED) is 0.402. The summed E-state index contributed by atoms with van der Waals surface area (Å²) in [5.41, 5.74) is 5.12. The van der Waals surface area contributed by atoms with Crippen LogP contribution in [0.1, 0.15) is 21.5 Å². The van der Waals surface area contributed by atoms with E-state index in [4.69, 9.17) is 0 Å². The van der Waals surface area contributed by atoms with E-state index in [1.54, 1.807) is 54.7 Å². The molecule has 3 aromatic carbocycles. The highest BCUT2D eigenvalue weighted by Gasteiger charge is 2.17. The van der Waals surface area contributed by atoms with E-state index in [2.05, 4.69) is 26.5 Å². The Balaban J connectivity index is 1.66. The second kappa shape index (κ2) is 9.69.